The Labute approximate surface area is 120 Å². The maximum absolute atomic E-state index is 10.5. The van der Waals surface area contributed by atoms with Gasteiger partial charge in [0.25, 0.3) is 0 Å². The molecule has 2 aromatic rings. The quantitative estimate of drug-likeness (QED) is 0.922. The first-order chi connectivity index (χ1) is 9.63. The van der Waals surface area contributed by atoms with E-state index in [4.69, 9.17) is 0 Å². The van der Waals surface area contributed by atoms with Gasteiger partial charge in [-0.1, -0.05) is 48.0 Å². The minimum atomic E-state index is -0.413. The Morgan fingerprint density at radius 1 is 1.05 bits per heavy atom. The van der Waals surface area contributed by atoms with Gasteiger partial charge < -0.3 is 5.11 Å². The van der Waals surface area contributed by atoms with Crippen molar-refractivity contribution < 1.29 is 5.11 Å². The fraction of sp³-hybridized carbons (Fsp3) is 0.333. The summed E-state index contributed by atoms with van der Waals surface area (Å²) in [4.78, 5) is 2.32. The van der Waals surface area contributed by atoms with E-state index in [2.05, 4.69) is 61.2 Å². The van der Waals surface area contributed by atoms with Crippen molar-refractivity contribution in [2.24, 2.45) is 0 Å². The van der Waals surface area contributed by atoms with Crippen LogP contribution in [0.3, 0.4) is 0 Å². The van der Waals surface area contributed by atoms with Gasteiger partial charge in [0, 0.05) is 19.6 Å². The van der Waals surface area contributed by atoms with E-state index in [1.54, 1.807) is 0 Å². The number of β-amino-alcohol motifs (C(OH)–C–C–N with tert-alkyl or cyclic N) is 1. The van der Waals surface area contributed by atoms with Crippen molar-refractivity contribution in [2.75, 3.05) is 6.54 Å². The molecule has 1 heterocycles. The van der Waals surface area contributed by atoms with Gasteiger partial charge in [0.15, 0.2) is 0 Å². The number of hydrogen-bond donors (Lipinski definition) is 1. The highest BCUT2D eigenvalue weighted by atomic mass is 16.3. The lowest BCUT2D eigenvalue weighted by Crippen LogP contribution is -2.23. The van der Waals surface area contributed by atoms with E-state index in [0.29, 0.717) is 6.54 Å². The molecule has 0 fully saturated rings. The fourth-order valence-corrected chi connectivity index (χ4v) is 2.99. The molecule has 2 aromatic carbocycles. The third-order valence-corrected chi connectivity index (χ3v) is 4.13. The minimum Gasteiger partial charge on any atom is -0.387 e. The Bertz CT molecular complexity index is 596. The zero-order chi connectivity index (χ0) is 14.1. The SMILES string of the molecule is Cc1ccc(C)c(C(O)CN2Cc3ccccc3C2)c1. The summed E-state index contributed by atoms with van der Waals surface area (Å²) in [6, 6.07) is 14.8. The van der Waals surface area contributed by atoms with Crippen LogP contribution >= 0.6 is 0 Å². The Kier molecular flexibility index (Phi) is 3.60. The molecule has 0 saturated heterocycles. The molecule has 20 heavy (non-hydrogen) atoms. The van der Waals surface area contributed by atoms with Crippen LogP contribution in [0.5, 0.6) is 0 Å². The normalized spacial score (nSPS) is 16.1. The number of aliphatic hydroxyl groups excluding tert-OH is 1. The van der Waals surface area contributed by atoms with Crippen molar-refractivity contribution in [3.05, 3.63) is 70.3 Å². The topological polar surface area (TPSA) is 23.5 Å². The Balaban J connectivity index is 1.72. The van der Waals surface area contributed by atoms with Crippen LogP contribution in [0.2, 0.25) is 0 Å². The minimum absolute atomic E-state index is 0.413. The van der Waals surface area contributed by atoms with Gasteiger partial charge in [-0.15, -0.1) is 0 Å². The Morgan fingerprint density at radius 3 is 2.35 bits per heavy atom. The third kappa shape index (κ3) is 2.62. The first-order valence-electron chi connectivity index (χ1n) is 7.18. The summed E-state index contributed by atoms with van der Waals surface area (Å²) in [5.41, 5.74) is 6.21. The predicted molar refractivity (Wildman–Crippen MR) is 81.4 cm³/mol. The van der Waals surface area contributed by atoms with Gasteiger partial charge in [0.2, 0.25) is 0 Å². The Hall–Kier alpha value is -1.64. The number of rotatable bonds is 3. The molecule has 1 aliphatic rings. The van der Waals surface area contributed by atoms with Crippen LogP contribution in [0.1, 0.15) is 33.9 Å². The van der Waals surface area contributed by atoms with E-state index in [1.807, 2.05) is 0 Å². The van der Waals surface area contributed by atoms with Crippen LogP contribution in [0.4, 0.5) is 0 Å². The molecule has 0 spiro atoms. The molecule has 0 aromatic heterocycles. The number of hydrogen-bond acceptors (Lipinski definition) is 2. The van der Waals surface area contributed by atoms with Crippen molar-refractivity contribution in [1.82, 2.24) is 4.90 Å². The molecule has 0 bridgehead atoms. The smallest absolute Gasteiger partial charge is 0.0919 e. The first-order valence-corrected chi connectivity index (χ1v) is 7.18. The van der Waals surface area contributed by atoms with Crippen LogP contribution in [-0.2, 0) is 13.1 Å². The lowest BCUT2D eigenvalue weighted by Gasteiger charge is -2.21. The standard InChI is InChI=1S/C18H21NO/c1-13-7-8-14(2)17(9-13)18(20)12-19-10-15-5-3-4-6-16(15)11-19/h3-9,18,20H,10-12H2,1-2H3. The zero-order valence-corrected chi connectivity index (χ0v) is 12.1. The van der Waals surface area contributed by atoms with Crippen molar-refractivity contribution in [1.29, 1.82) is 0 Å². The fourth-order valence-electron chi connectivity index (χ4n) is 2.99. The van der Waals surface area contributed by atoms with Gasteiger partial charge in [-0.3, -0.25) is 4.90 Å². The lowest BCUT2D eigenvalue weighted by atomic mass is 10.0. The molecular weight excluding hydrogens is 246 g/mol. The van der Waals surface area contributed by atoms with Crippen molar-refractivity contribution in [3.63, 3.8) is 0 Å². The second kappa shape index (κ2) is 5.39. The molecule has 0 aliphatic carbocycles. The molecule has 1 unspecified atom stereocenters. The van der Waals surface area contributed by atoms with Crippen molar-refractivity contribution in [2.45, 2.75) is 33.0 Å². The molecule has 1 N–H and O–H groups in total. The van der Waals surface area contributed by atoms with E-state index in [1.165, 1.54) is 22.3 Å². The average Bonchev–Trinajstić information content (AvgIpc) is 2.83. The molecule has 1 aliphatic heterocycles. The van der Waals surface area contributed by atoms with E-state index in [0.717, 1.165) is 18.7 Å². The summed E-state index contributed by atoms with van der Waals surface area (Å²) in [6.07, 6.45) is -0.413. The number of fused-ring (bicyclic) bond motifs is 1. The third-order valence-electron chi connectivity index (χ3n) is 4.13. The number of aliphatic hydroxyl groups is 1. The summed E-state index contributed by atoms with van der Waals surface area (Å²) >= 11 is 0. The number of nitrogens with zero attached hydrogens (tertiary/aromatic N) is 1. The van der Waals surface area contributed by atoms with E-state index < -0.39 is 6.10 Å². The second-order valence-electron chi connectivity index (χ2n) is 5.81. The Morgan fingerprint density at radius 2 is 1.70 bits per heavy atom. The van der Waals surface area contributed by atoms with Gasteiger partial charge >= 0.3 is 0 Å². The lowest BCUT2D eigenvalue weighted by molar-refractivity contribution is 0.112. The molecule has 0 radical (unpaired) electrons. The van der Waals surface area contributed by atoms with Crippen LogP contribution < -0.4 is 0 Å². The largest absolute Gasteiger partial charge is 0.387 e. The van der Waals surface area contributed by atoms with E-state index in [-0.39, 0.29) is 0 Å². The number of aryl methyl sites for hydroxylation is 2. The maximum Gasteiger partial charge on any atom is 0.0919 e. The number of benzene rings is 2. The van der Waals surface area contributed by atoms with E-state index >= 15 is 0 Å². The van der Waals surface area contributed by atoms with Gasteiger partial charge in [0.1, 0.15) is 0 Å². The van der Waals surface area contributed by atoms with Gasteiger partial charge in [-0.25, -0.2) is 0 Å². The van der Waals surface area contributed by atoms with Crippen LogP contribution in [0.25, 0.3) is 0 Å². The molecule has 104 valence electrons. The van der Waals surface area contributed by atoms with Crippen molar-refractivity contribution in [3.8, 4) is 0 Å². The summed E-state index contributed by atoms with van der Waals surface area (Å²) in [5.74, 6) is 0. The maximum atomic E-state index is 10.5. The van der Waals surface area contributed by atoms with E-state index in [9.17, 15) is 5.11 Å². The highest BCUT2D eigenvalue weighted by molar-refractivity contribution is 5.33. The van der Waals surface area contributed by atoms with Gasteiger partial charge in [-0.05, 0) is 36.1 Å². The molecule has 3 rings (SSSR count). The highest BCUT2D eigenvalue weighted by Gasteiger charge is 2.21. The van der Waals surface area contributed by atoms with Crippen LogP contribution in [-0.4, -0.2) is 16.6 Å². The molecule has 2 heteroatoms. The summed E-state index contributed by atoms with van der Waals surface area (Å²) in [7, 11) is 0. The zero-order valence-electron chi connectivity index (χ0n) is 12.1. The predicted octanol–water partition coefficient (Wildman–Crippen LogP) is 3.35. The molecule has 0 saturated carbocycles. The van der Waals surface area contributed by atoms with Gasteiger partial charge in [-0.2, -0.15) is 0 Å². The highest BCUT2D eigenvalue weighted by Crippen LogP contribution is 2.26. The summed E-state index contributed by atoms with van der Waals surface area (Å²) < 4.78 is 0. The molecular formula is C18H21NO. The van der Waals surface area contributed by atoms with Crippen molar-refractivity contribution >= 4 is 0 Å². The summed E-state index contributed by atoms with van der Waals surface area (Å²) in [6.45, 7) is 6.72. The molecule has 2 nitrogen and oxygen atoms in total. The average molecular weight is 267 g/mol. The van der Waals surface area contributed by atoms with Crippen LogP contribution in [0, 0.1) is 13.8 Å². The first kappa shape index (κ1) is 13.3. The summed E-state index contributed by atoms with van der Waals surface area (Å²) in [5, 5.41) is 10.5. The monoisotopic (exact) mass is 267 g/mol. The van der Waals surface area contributed by atoms with Crippen LogP contribution in [0.15, 0.2) is 42.5 Å². The molecule has 1 atom stereocenters. The van der Waals surface area contributed by atoms with Gasteiger partial charge in [0.05, 0.1) is 6.10 Å². The molecule has 0 amide bonds. The second-order valence-corrected chi connectivity index (χ2v) is 5.81.